The van der Waals surface area contributed by atoms with Gasteiger partial charge in [-0.2, -0.15) is 5.10 Å². The number of Topliss-reactive ketones (excluding diaryl/α,β-unsaturated/α-hetero) is 1. The van der Waals surface area contributed by atoms with Gasteiger partial charge < -0.3 is 0 Å². The highest BCUT2D eigenvalue weighted by Crippen LogP contribution is 2.20. The molecule has 0 saturated heterocycles. The number of carbonyl (C=O) groups is 1. The fraction of sp³-hybridized carbons (Fsp3) is 0.333. The molecule has 0 bridgehead atoms. The van der Waals surface area contributed by atoms with E-state index in [0.717, 1.165) is 10.2 Å². The van der Waals surface area contributed by atoms with Crippen molar-refractivity contribution in [2.75, 3.05) is 0 Å². The number of ketones is 1. The Morgan fingerprint density at radius 3 is 2.75 bits per heavy atom. The maximum Gasteiger partial charge on any atom is 0.166 e. The second kappa shape index (κ2) is 5.87. The van der Waals surface area contributed by atoms with E-state index in [1.807, 2.05) is 20.8 Å². The molecule has 0 N–H and O–H groups in total. The molecule has 20 heavy (non-hydrogen) atoms. The van der Waals surface area contributed by atoms with Crippen LogP contribution in [-0.2, 0) is 6.54 Å². The van der Waals surface area contributed by atoms with Crippen molar-refractivity contribution in [3.8, 4) is 0 Å². The van der Waals surface area contributed by atoms with Gasteiger partial charge in [0.25, 0.3) is 0 Å². The van der Waals surface area contributed by atoms with Crippen LogP contribution in [0.1, 0.15) is 40.7 Å². The van der Waals surface area contributed by atoms with Gasteiger partial charge in [0.2, 0.25) is 0 Å². The van der Waals surface area contributed by atoms with Crippen LogP contribution in [0.15, 0.2) is 22.7 Å². The van der Waals surface area contributed by atoms with Gasteiger partial charge in [-0.15, -0.1) is 0 Å². The molecular formula is C15H16BrFN2O. The fourth-order valence-electron chi connectivity index (χ4n) is 2.26. The minimum atomic E-state index is -0.274. The molecule has 3 nitrogen and oxygen atoms in total. The first-order chi connectivity index (χ1) is 9.43. The van der Waals surface area contributed by atoms with Crippen molar-refractivity contribution in [1.29, 1.82) is 0 Å². The van der Waals surface area contributed by atoms with Crippen molar-refractivity contribution in [2.45, 2.75) is 33.7 Å². The molecule has 5 heteroatoms. The summed E-state index contributed by atoms with van der Waals surface area (Å²) in [5, 5.41) is 4.36. The topological polar surface area (TPSA) is 34.9 Å². The van der Waals surface area contributed by atoms with E-state index in [1.54, 1.807) is 16.8 Å². The van der Waals surface area contributed by atoms with Gasteiger partial charge in [-0.05, 0) is 32.0 Å². The minimum Gasteiger partial charge on any atom is -0.294 e. The number of rotatable bonds is 4. The second-order valence-electron chi connectivity index (χ2n) is 4.72. The van der Waals surface area contributed by atoms with Crippen LogP contribution in [0.3, 0.4) is 0 Å². The molecule has 0 amide bonds. The Morgan fingerprint density at radius 1 is 1.40 bits per heavy atom. The summed E-state index contributed by atoms with van der Waals surface area (Å²) >= 11 is 3.33. The van der Waals surface area contributed by atoms with E-state index in [1.165, 1.54) is 6.07 Å². The molecular weight excluding hydrogens is 323 g/mol. The molecule has 0 spiro atoms. The molecule has 0 atom stereocenters. The first kappa shape index (κ1) is 14.9. The lowest BCUT2D eigenvalue weighted by atomic mass is 10.1. The predicted octanol–water partition coefficient (Wildman–Crippen LogP) is 4.04. The molecule has 1 aromatic carbocycles. The number of aryl methyl sites for hydroxylation is 1. The standard InChI is InChI=1S/C15H16BrFN2O/c1-4-14(20)15-9(2)18-19(10(15)3)8-11-7-12(16)5-6-13(11)17/h5-7H,4,8H2,1-3H3. The van der Waals surface area contributed by atoms with E-state index < -0.39 is 0 Å². The van der Waals surface area contributed by atoms with Crippen LogP contribution < -0.4 is 0 Å². The number of hydrogen-bond acceptors (Lipinski definition) is 2. The Labute approximate surface area is 125 Å². The lowest BCUT2D eigenvalue weighted by molar-refractivity contribution is 0.0987. The largest absolute Gasteiger partial charge is 0.294 e. The summed E-state index contributed by atoms with van der Waals surface area (Å²) < 4.78 is 16.3. The number of halogens is 2. The van der Waals surface area contributed by atoms with Crippen LogP contribution in [0.2, 0.25) is 0 Å². The molecule has 0 aliphatic heterocycles. The summed E-state index contributed by atoms with van der Waals surface area (Å²) in [6.45, 7) is 5.80. The average Bonchev–Trinajstić information content (AvgIpc) is 2.68. The van der Waals surface area contributed by atoms with Crippen molar-refractivity contribution in [3.63, 3.8) is 0 Å². The normalized spacial score (nSPS) is 10.8. The third-order valence-corrected chi connectivity index (χ3v) is 3.80. The van der Waals surface area contributed by atoms with Gasteiger partial charge in [0.05, 0.1) is 17.8 Å². The monoisotopic (exact) mass is 338 g/mol. The molecule has 106 valence electrons. The Morgan fingerprint density at radius 2 is 2.10 bits per heavy atom. The lowest BCUT2D eigenvalue weighted by Crippen LogP contribution is -2.07. The van der Waals surface area contributed by atoms with E-state index >= 15 is 0 Å². The second-order valence-corrected chi connectivity index (χ2v) is 5.63. The maximum atomic E-state index is 13.8. The van der Waals surface area contributed by atoms with Crippen LogP contribution in [-0.4, -0.2) is 15.6 Å². The number of hydrogen-bond donors (Lipinski definition) is 0. The molecule has 0 aliphatic rings. The van der Waals surface area contributed by atoms with Gasteiger partial charge in [-0.3, -0.25) is 9.48 Å². The Kier molecular flexibility index (Phi) is 4.38. The highest BCUT2D eigenvalue weighted by molar-refractivity contribution is 9.10. The highest BCUT2D eigenvalue weighted by atomic mass is 79.9. The van der Waals surface area contributed by atoms with Crippen molar-refractivity contribution in [2.24, 2.45) is 0 Å². The average molecular weight is 339 g/mol. The molecule has 1 heterocycles. The van der Waals surface area contributed by atoms with Crippen LogP contribution in [0.4, 0.5) is 4.39 Å². The third-order valence-electron chi connectivity index (χ3n) is 3.31. The van der Waals surface area contributed by atoms with Crippen LogP contribution >= 0.6 is 15.9 Å². The summed E-state index contributed by atoms with van der Waals surface area (Å²) in [4.78, 5) is 11.9. The molecule has 0 saturated carbocycles. The number of carbonyl (C=O) groups excluding carboxylic acids is 1. The summed E-state index contributed by atoms with van der Waals surface area (Å²) in [6.07, 6.45) is 0.443. The first-order valence-corrected chi connectivity index (χ1v) is 7.24. The van der Waals surface area contributed by atoms with Crippen molar-refractivity contribution in [3.05, 3.63) is 51.0 Å². The minimum absolute atomic E-state index is 0.0703. The maximum absolute atomic E-state index is 13.8. The van der Waals surface area contributed by atoms with Crippen molar-refractivity contribution < 1.29 is 9.18 Å². The third kappa shape index (κ3) is 2.82. The predicted molar refractivity (Wildman–Crippen MR) is 79.5 cm³/mol. The van der Waals surface area contributed by atoms with E-state index in [-0.39, 0.29) is 11.6 Å². The van der Waals surface area contributed by atoms with Gasteiger partial charge in [-0.25, -0.2) is 4.39 Å². The quantitative estimate of drug-likeness (QED) is 0.788. The number of aromatic nitrogens is 2. The fourth-order valence-corrected chi connectivity index (χ4v) is 2.67. The summed E-state index contributed by atoms with van der Waals surface area (Å²) in [7, 11) is 0. The summed E-state index contributed by atoms with van der Waals surface area (Å²) in [5.74, 6) is -0.204. The highest BCUT2D eigenvalue weighted by Gasteiger charge is 2.17. The molecule has 0 aliphatic carbocycles. The van der Waals surface area contributed by atoms with Gasteiger partial charge in [0, 0.05) is 22.2 Å². The van der Waals surface area contributed by atoms with Gasteiger partial charge >= 0.3 is 0 Å². The Balaban J connectivity index is 2.40. The Hall–Kier alpha value is -1.49. The van der Waals surface area contributed by atoms with Crippen molar-refractivity contribution >= 4 is 21.7 Å². The van der Waals surface area contributed by atoms with Crippen LogP contribution in [0.25, 0.3) is 0 Å². The molecule has 1 aromatic heterocycles. The van der Waals surface area contributed by atoms with E-state index in [0.29, 0.717) is 29.8 Å². The Bertz CT molecular complexity index is 664. The van der Waals surface area contributed by atoms with E-state index in [9.17, 15) is 9.18 Å². The molecule has 2 rings (SSSR count). The number of nitrogens with zero attached hydrogens (tertiary/aromatic N) is 2. The molecule has 0 radical (unpaired) electrons. The smallest absolute Gasteiger partial charge is 0.166 e. The van der Waals surface area contributed by atoms with Crippen molar-refractivity contribution in [1.82, 2.24) is 9.78 Å². The van der Waals surface area contributed by atoms with Crippen LogP contribution in [0.5, 0.6) is 0 Å². The van der Waals surface area contributed by atoms with Gasteiger partial charge in [0.1, 0.15) is 5.82 Å². The molecule has 0 fully saturated rings. The van der Waals surface area contributed by atoms with E-state index in [4.69, 9.17) is 0 Å². The number of benzene rings is 1. The SMILES string of the molecule is CCC(=O)c1c(C)nn(Cc2cc(Br)ccc2F)c1C. The lowest BCUT2D eigenvalue weighted by Gasteiger charge is -2.07. The molecule has 2 aromatic rings. The van der Waals surface area contributed by atoms with Crippen LogP contribution in [0, 0.1) is 19.7 Å². The van der Waals surface area contributed by atoms with E-state index in [2.05, 4.69) is 21.0 Å². The molecule has 0 unspecified atom stereocenters. The zero-order valence-electron chi connectivity index (χ0n) is 11.7. The zero-order chi connectivity index (χ0) is 14.9. The van der Waals surface area contributed by atoms with Gasteiger partial charge in [0.15, 0.2) is 5.78 Å². The first-order valence-electron chi connectivity index (χ1n) is 6.45. The summed E-state index contributed by atoms with van der Waals surface area (Å²) in [5.41, 5.74) is 2.68. The van der Waals surface area contributed by atoms with Gasteiger partial charge in [-0.1, -0.05) is 22.9 Å². The zero-order valence-corrected chi connectivity index (χ0v) is 13.3. The summed E-state index contributed by atoms with van der Waals surface area (Å²) in [6, 6.07) is 4.81.